The lowest BCUT2D eigenvalue weighted by atomic mass is 9.95. The van der Waals surface area contributed by atoms with Crippen LogP contribution in [0.2, 0.25) is 0 Å². The summed E-state index contributed by atoms with van der Waals surface area (Å²) >= 11 is 1.22. The number of hydrogen-bond donors (Lipinski definition) is 1. The molecule has 1 aliphatic carbocycles. The van der Waals surface area contributed by atoms with E-state index in [1.165, 1.54) is 18.4 Å². The van der Waals surface area contributed by atoms with Crippen molar-refractivity contribution in [3.05, 3.63) is 39.8 Å². The highest BCUT2D eigenvalue weighted by Gasteiger charge is 2.18. The third-order valence-electron chi connectivity index (χ3n) is 3.86. The number of fused-ring (bicyclic) bond motifs is 1. The minimum absolute atomic E-state index is 0.118. The number of pyridine rings is 1. The molecule has 0 bridgehead atoms. The van der Waals surface area contributed by atoms with E-state index in [-0.39, 0.29) is 12.5 Å². The van der Waals surface area contributed by atoms with E-state index in [4.69, 9.17) is 9.47 Å². The molecule has 0 fully saturated rings. The lowest BCUT2D eigenvalue weighted by molar-refractivity contribution is -0.118. The van der Waals surface area contributed by atoms with Crippen LogP contribution in [-0.2, 0) is 22.4 Å². The smallest absolute Gasteiger partial charge is 0.350 e. The van der Waals surface area contributed by atoms with E-state index < -0.39 is 5.97 Å². The molecule has 2 aromatic heterocycles. The van der Waals surface area contributed by atoms with E-state index in [1.807, 2.05) is 0 Å². The first-order valence-corrected chi connectivity index (χ1v) is 8.62. The Morgan fingerprint density at radius 3 is 2.96 bits per heavy atom. The Morgan fingerprint density at radius 1 is 1.29 bits per heavy atom. The van der Waals surface area contributed by atoms with E-state index >= 15 is 0 Å². The Balaban J connectivity index is 1.63. The summed E-state index contributed by atoms with van der Waals surface area (Å²) in [6.45, 7) is -0.118. The highest BCUT2D eigenvalue weighted by Crippen LogP contribution is 2.28. The van der Waals surface area contributed by atoms with Gasteiger partial charge in [0.15, 0.2) is 6.61 Å². The Bertz CT molecular complexity index is 757. The molecule has 3 rings (SSSR count). The summed E-state index contributed by atoms with van der Waals surface area (Å²) in [4.78, 5) is 28.5. The second-order valence-corrected chi connectivity index (χ2v) is 6.35. The molecule has 0 aromatic carbocycles. The van der Waals surface area contributed by atoms with Crippen LogP contribution < -0.4 is 10.1 Å². The summed E-state index contributed by atoms with van der Waals surface area (Å²) in [6, 6.07) is 3.46. The highest BCUT2D eigenvalue weighted by atomic mass is 32.1. The number of ether oxygens (including phenoxy) is 2. The van der Waals surface area contributed by atoms with Crippen molar-refractivity contribution in [1.29, 1.82) is 0 Å². The number of esters is 1. The van der Waals surface area contributed by atoms with Gasteiger partial charge in [-0.15, -0.1) is 11.3 Å². The van der Waals surface area contributed by atoms with Crippen molar-refractivity contribution in [2.75, 3.05) is 19.0 Å². The van der Waals surface area contributed by atoms with Crippen molar-refractivity contribution in [2.45, 2.75) is 25.7 Å². The number of anilines is 1. The maximum atomic E-state index is 12.1. The van der Waals surface area contributed by atoms with Crippen LogP contribution in [0.4, 0.5) is 5.69 Å². The topological polar surface area (TPSA) is 77.5 Å². The summed E-state index contributed by atoms with van der Waals surface area (Å²) in [5.74, 6) is -0.0716. The van der Waals surface area contributed by atoms with Crippen LogP contribution >= 0.6 is 11.3 Å². The van der Waals surface area contributed by atoms with Gasteiger partial charge in [0.2, 0.25) is 0 Å². The van der Waals surface area contributed by atoms with Gasteiger partial charge in [-0.3, -0.25) is 9.78 Å². The second-order valence-electron chi connectivity index (χ2n) is 5.43. The Labute approximate surface area is 143 Å². The maximum Gasteiger partial charge on any atom is 0.350 e. The first-order chi connectivity index (χ1) is 11.7. The molecule has 0 spiro atoms. The number of amides is 1. The monoisotopic (exact) mass is 346 g/mol. The fourth-order valence-electron chi connectivity index (χ4n) is 2.72. The largest absolute Gasteiger partial charge is 0.483 e. The molecule has 0 saturated carbocycles. The number of thiophene rings is 1. The van der Waals surface area contributed by atoms with Crippen LogP contribution in [0, 0.1) is 0 Å². The first kappa shape index (κ1) is 16.4. The second kappa shape index (κ2) is 7.44. The molecular formula is C17H18N2O4S. The van der Waals surface area contributed by atoms with E-state index in [0.29, 0.717) is 16.3 Å². The zero-order chi connectivity index (χ0) is 16.9. The van der Waals surface area contributed by atoms with Crippen LogP contribution in [0.25, 0.3) is 0 Å². The normalized spacial score (nSPS) is 13.0. The number of aromatic nitrogens is 1. The van der Waals surface area contributed by atoms with Crippen LogP contribution in [0.5, 0.6) is 5.75 Å². The van der Waals surface area contributed by atoms with Crippen molar-refractivity contribution in [1.82, 2.24) is 4.98 Å². The summed E-state index contributed by atoms with van der Waals surface area (Å²) in [5.41, 5.74) is 2.60. The summed E-state index contributed by atoms with van der Waals surface area (Å²) in [6.07, 6.45) is 5.84. The molecule has 0 radical (unpaired) electrons. The molecule has 2 aromatic rings. The fraction of sp³-hybridized carbons (Fsp3) is 0.353. The molecule has 1 aliphatic rings. The zero-order valence-electron chi connectivity index (χ0n) is 13.3. The van der Waals surface area contributed by atoms with Gasteiger partial charge in [-0.1, -0.05) is 0 Å². The van der Waals surface area contributed by atoms with Crippen molar-refractivity contribution < 1.29 is 19.1 Å². The van der Waals surface area contributed by atoms with Crippen molar-refractivity contribution in [3.63, 3.8) is 0 Å². The number of methoxy groups -OCH3 is 1. The standard InChI is InChI=1S/C17H18N2O4S/c1-22-17(21)16-13(7-9-24-16)19-15(20)10-23-14-6-8-18-12-5-3-2-4-11(12)14/h6-9H,2-5,10H2,1H3,(H,19,20). The van der Waals surface area contributed by atoms with E-state index in [1.54, 1.807) is 23.7 Å². The fourth-order valence-corrected chi connectivity index (χ4v) is 3.48. The van der Waals surface area contributed by atoms with Gasteiger partial charge in [-0.2, -0.15) is 0 Å². The van der Waals surface area contributed by atoms with E-state index in [0.717, 1.165) is 36.9 Å². The molecule has 0 atom stereocenters. The van der Waals surface area contributed by atoms with Gasteiger partial charge >= 0.3 is 5.97 Å². The third-order valence-corrected chi connectivity index (χ3v) is 4.76. The number of nitrogens with zero attached hydrogens (tertiary/aromatic N) is 1. The van der Waals surface area contributed by atoms with E-state index in [2.05, 4.69) is 10.3 Å². The highest BCUT2D eigenvalue weighted by molar-refractivity contribution is 7.12. The van der Waals surface area contributed by atoms with Crippen LogP contribution in [0.15, 0.2) is 23.7 Å². The number of hydrogen-bond acceptors (Lipinski definition) is 6. The molecule has 0 aliphatic heterocycles. The number of aryl methyl sites for hydroxylation is 1. The number of nitrogens with one attached hydrogen (secondary N) is 1. The van der Waals surface area contributed by atoms with Gasteiger partial charge in [-0.25, -0.2) is 4.79 Å². The average molecular weight is 346 g/mol. The minimum Gasteiger partial charge on any atom is -0.483 e. The van der Waals surface area contributed by atoms with Gasteiger partial charge in [0.1, 0.15) is 10.6 Å². The Morgan fingerprint density at radius 2 is 2.12 bits per heavy atom. The Kier molecular flexibility index (Phi) is 5.10. The molecule has 1 N–H and O–H groups in total. The maximum absolute atomic E-state index is 12.1. The Hall–Kier alpha value is -2.41. The summed E-state index contributed by atoms with van der Waals surface area (Å²) in [7, 11) is 1.31. The first-order valence-electron chi connectivity index (χ1n) is 7.74. The molecule has 6 nitrogen and oxygen atoms in total. The van der Waals surface area contributed by atoms with E-state index in [9.17, 15) is 9.59 Å². The number of rotatable bonds is 5. The van der Waals surface area contributed by atoms with Crippen molar-refractivity contribution in [2.24, 2.45) is 0 Å². The predicted octanol–water partition coefficient (Wildman–Crippen LogP) is 2.83. The van der Waals surface area contributed by atoms with Gasteiger partial charge in [0.05, 0.1) is 12.8 Å². The zero-order valence-corrected chi connectivity index (χ0v) is 14.1. The van der Waals surface area contributed by atoms with Crippen LogP contribution in [0.1, 0.15) is 33.8 Å². The van der Waals surface area contributed by atoms with Crippen molar-refractivity contribution in [3.8, 4) is 5.75 Å². The summed E-state index contributed by atoms with van der Waals surface area (Å²) in [5, 5.41) is 4.41. The molecule has 0 saturated heterocycles. The lowest BCUT2D eigenvalue weighted by Gasteiger charge is -2.18. The van der Waals surface area contributed by atoms with Crippen LogP contribution in [0.3, 0.4) is 0 Å². The molecule has 126 valence electrons. The quantitative estimate of drug-likeness (QED) is 0.843. The van der Waals surface area contributed by atoms with Crippen LogP contribution in [-0.4, -0.2) is 30.6 Å². The van der Waals surface area contributed by atoms with Gasteiger partial charge in [0, 0.05) is 17.5 Å². The minimum atomic E-state index is -0.468. The SMILES string of the molecule is COC(=O)c1sccc1NC(=O)COc1ccnc2c1CCCC2. The molecule has 7 heteroatoms. The van der Waals surface area contributed by atoms with Gasteiger partial charge in [0.25, 0.3) is 5.91 Å². The molecule has 24 heavy (non-hydrogen) atoms. The van der Waals surface area contributed by atoms with Gasteiger partial charge < -0.3 is 14.8 Å². The summed E-state index contributed by atoms with van der Waals surface area (Å²) < 4.78 is 10.4. The molecular weight excluding hydrogens is 328 g/mol. The third kappa shape index (κ3) is 3.56. The molecule has 1 amide bonds. The number of carbonyl (C=O) groups is 2. The average Bonchev–Trinajstić information content (AvgIpc) is 3.07. The number of carbonyl (C=O) groups excluding carboxylic acids is 2. The predicted molar refractivity (Wildman–Crippen MR) is 90.7 cm³/mol. The molecule has 0 unspecified atom stereocenters. The molecule has 2 heterocycles. The van der Waals surface area contributed by atoms with Gasteiger partial charge in [-0.05, 0) is 43.2 Å². The van der Waals surface area contributed by atoms with Crippen molar-refractivity contribution >= 4 is 28.9 Å². The lowest BCUT2D eigenvalue weighted by Crippen LogP contribution is -2.22.